The summed E-state index contributed by atoms with van der Waals surface area (Å²) >= 11 is 0. The van der Waals surface area contributed by atoms with Gasteiger partial charge in [-0.25, -0.2) is 4.98 Å². The Balaban J connectivity index is 2.01. The second-order valence-electron chi connectivity index (χ2n) is 5.84. The zero-order valence-corrected chi connectivity index (χ0v) is 14.4. The average Bonchev–Trinajstić information content (AvgIpc) is 3.02. The highest BCUT2D eigenvalue weighted by atomic mass is 16.5. The third-order valence-corrected chi connectivity index (χ3v) is 3.78. The van der Waals surface area contributed by atoms with Crippen molar-refractivity contribution in [1.82, 2.24) is 9.97 Å². The summed E-state index contributed by atoms with van der Waals surface area (Å²) in [7, 11) is 3.31. The first-order chi connectivity index (χ1) is 11.6. The lowest BCUT2D eigenvalue weighted by atomic mass is 10.1. The number of fused-ring (bicyclic) bond motifs is 1. The molecule has 2 aromatic carbocycles. The average molecular weight is 326 g/mol. The number of rotatable bonds is 6. The van der Waals surface area contributed by atoms with Crippen molar-refractivity contribution >= 4 is 11.0 Å². The van der Waals surface area contributed by atoms with Gasteiger partial charge in [0.2, 0.25) is 0 Å². The van der Waals surface area contributed by atoms with Crippen molar-refractivity contribution < 1.29 is 14.2 Å². The number of nitrogens with zero attached hydrogens (tertiary/aromatic N) is 1. The van der Waals surface area contributed by atoms with E-state index in [1.54, 1.807) is 14.2 Å². The number of methoxy groups -OCH3 is 2. The van der Waals surface area contributed by atoms with E-state index < -0.39 is 0 Å². The van der Waals surface area contributed by atoms with E-state index in [9.17, 15) is 0 Å². The maximum absolute atomic E-state index is 6.12. The van der Waals surface area contributed by atoms with Gasteiger partial charge in [-0.05, 0) is 43.7 Å². The largest absolute Gasteiger partial charge is 0.497 e. The van der Waals surface area contributed by atoms with Crippen molar-refractivity contribution in [3.8, 4) is 11.5 Å². The van der Waals surface area contributed by atoms with E-state index in [1.807, 2.05) is 56.3 Å². The van der Waals surface area contributed by atoms with Crippen LogP contribution in [0.2, 0.25) is 0 Å². The summed E-state index contributed by atoms with van der Waals surface area (Å²) in [6.07, 6.45) is -0.200. The van der Waals surface area contributed by atoms with Crippen LogP contribution in [0.1, 0.15) is 31.3 Å². The van der Waals surface area contributed by atoms with Gasteiger partial charge in [-0.2, -0.15) is 0 Å². The maximum Gasteiger partial charge on any atom is 0.141 e. The quantitative estimate of drug-likeness (QED) is 0.741. The lowest BCUT2D eigenvalue weighted by Crippen LogP contribution is -2.13. The normalized spacial score (nSPS) is 12.5. The minimum atomic E-state index is -0.269. The first kappa shape index (κ1) is 16.3. The first-order valence-corrected chi connectivity index (χ1v) is 7.93. The van der Waals surface area contributed by atoms with Crippen LogP contribution in [0.3, 0.4) is 0 Å². The molecule has 0 aliphatic heterocycles. The Hall–Kier alpha value is -2.53. The number of aromatic amines is 1. The van der Waals surface area contributed by atoms with Crippen LogP contribution in [-0.4, -0.2) is 30.3 Å². The molecular weight excluding hydrogens is 304 g/mol. The molecule has 0 saturated carbocycles. The zero-order chi connectivity index (χ0) is 17.1. The van der Waals surface area contributed by atoms with E-state index in [2.05, 4.69) is 4.98 Å². The lowest BCUT2D eigenvalue weighted by molar-refractivity contribution is 0.0261. The van der Waals surface area contributed by atoms with Gasteiger partial charge >= 0.3 is 0 Å². The van der Waals surface area contributed by atoms with Crippen LogP contribution in [0.25, 0.3) is 11.0 Å². The molecule has 24 heavy (non-hydrogen) atoms. The number of hydrogen-bond donors (Lipinski definition) is 1. The fraction of sp³-hybridized carbons (Fsp3) is 0.316. The fourth-order valence-electron chi connectivity index (χ4n) is 2.61. The van der Waals surface area contributed by atoms with Crippen LogP contribution >= 0.6 is 0 Å². The van der Waals surface area contributed by atoms with E-state index in [4.69, 9.17) is 19.2 Å². The molecule has 0 spiro atoms. The van der Waals surface area contributed by atoms with Gasteiger partial charge in [0.25, 0.3) is 0 Å². The van der Waals surface area contributed by atoms with Crippen molar-refractivity contribution in [2.24, 2.45) is 0 Å². The van der Waals surface area contributed by atoms with E-state index in [0.29, 0.717) is 0 Å². The number of imidazole rings is 1. The van der Waals surface area contributed by atoms with E-state index >= 15 is 0 Å². The number of nitrogens with one attached hydrogen (secondary N) is 1. The highest BCUT2D eigenvalue weighted by molar-refractivity contribution is 5.77. The number of benzene rings is 2. The Kier molecular flexibility index (Phi) is 4.71. The van der Waals surface area contributed by atoms with Gasteiger partial charge in [0.15, 0.2) is 0 Å². The summed E-state index contributed by atoms with van der Waals surface area (Å²) < 4.78 is 16.6. The lowest BCUT2D eigenvalue weighted by Gasteiger charge is -2.19. The molecule has 0 radical (unpaired) electrons. The molecule has 126 valence electrons. The smallest absolute Gasteiger partial charge is 0.141 e. The summed E-state index contributed by atoms with van der Waals surface area (Å²) in [6, 6.07) is 13.6. The Morgan fingerprint density at radius 2 is 1.58 bits per heavy atom. The summed E-state index contributed by atoms with van der Waals surface area (Å²) in [4.78, 5) is 8.06. The SMILES string of the molecule is COc1ccc(C(OC(C)C)c2nc3cc(OC)ccc3[nH]2)cc1. The molecule has 1 N–H and O–H groups in total. The molecule has 3 rings (SSSR count). The van der Waals surface area contributed by atoms with Crippen LogP contribution in [0, 0.1) is 0 Å². The van der Waals surface area contributed by atoms with Crippen LogP contribution < -0.4 is 9.47 Å². The second kappa shape index (κ2) is 6.93. The van der Waals surface area contributed by atoms with Crippen LogP contribution in [0.4, 0.5) is 0 Å². The third kappa shape index (κ3) is 3.36. The summed E-state index contributed by atoms with van der Waals surface area (Å²) in [5.74, 6) is 2.37. The van der Waals surface area contributed by atoms with Gasteiger partial charge in [-0.3, -0.25) is 0 Å². The summed E-state index contributed by atoms with van der Waals surface area (Å²) in [5, 5.41) is 0. The number of hydrogen-bond acceptors (Lipinski definition) is 4. The van der Waals surface area contributed by atoms with E-state index in [-0.39, 0.29) is 12.2 Å². The minimum Gasteiger partial charge on any atom is -0.497 e. The summed E-state index contributed by atoms with van der Waals surface area (Å²) in [6.45, 7) is 4.03. The molecule has 0 fully saturated rings. The van der Waals surface area contributed by atoms with Gasteiger partial charge in [-0.15, -0.1) is 0 Å². The second-order valence-corrected chi connectivity index (χ2v) is 5.84. The minimum absolute atomic E-state index is 0.0693. The number of ether oxygens (including phenoxy) is 3. The molecule has 5 heteroatoms. The third-order valence-electron chi connectivity index (χ3n) is 3.78. The predicted octanol–water partition coefficient (Wildman–Crippen LogP) is 4.09. The number of aromatic nitrogens is 2. The molecule has 0 aliphatic carbocycles. The molecule has 0 bridgehead atoms. The zero-order valence-electron chi connectivity index (χ0n) is 14.4. The Bertz CT molecular complexity index is 809. The van der Waals surface area contributed by atoms with Gasteiger partial charge in [0.1, 0.15) is 23.4 Å². The molecular formula is C19H22N2O3. The summed E-state index contributed by atoms with van der Waals surface area (Å²) in [5.41, 5.74) is 2.84. The molecule has 1 unspecified atom stereocenters. The molecule has 1 aromatic heterocycles. The fourth-order valence-corrected chi connectivity index (χ4v) is 2.61. The van der Waals surface area contributed by atoms with Crippen molar-refractivity contribution in [2.75, 3.05) is 14.2 Å². The van der Waals surface area contributed by atoms with E-state index in [1.165, 1.54) is 0 Å². The molecule has 0 aliphatic rings. The molecule has 3 aromatic rings. The first-order valence-electron chi connectivity index (χ1n) is 7.93. The Morgan fingerprint density at radius 3 is 2.21 bits per heavy atom. The van der Waals surface area contributed by atoms with Gasteiger partial charge < -0.3 is 19.2 Å². The molecule has 0 saturated heterocycles. The van der Waals surface area contributed by atoms with Crippen molar-refractivity contribution in [3.63, 3.8) is 0 Å². The highest BCUT2D eigenvalue weighted by Gasteiger charge is 2.20. The van der Waals surface area contributed by atoms with Crippen LogP contribution in [0.15, 0.2) is 42.5 Å². The van der Waals surface area contributed by atoms with Crippen molar-refractivity contribution in [3.05, 3.63) is 53.9 Å². The molecule has 5 nitrogen and oxygen atoms in total. The van der Waals surface area contributed by atoms with Gasteiger partial charge in [0.05, 0.1) is 31.4 Å². The topological polar surface area (TPSA) is 56.4 Å². The molecule has 1 heterocycles. The Morgan fingerprint density at radius 1 is 0.917 bits per heavy atom. The Labute approximate surface area is 141 Å². The van der Waals surface area contributed by atoms with Crippen molar-refractivity contribution in [2.45, 2.75) is 26.1 Å². The highest BCUT2D eigenvalue weighted by Crippen LogP contribution is 2.29. The monoisotopic (exact) mass is 326 g/mol. The number of H-pyrrole nitrogens is 1. The van der Waals surface area contributed by atoms with Gasteiger partial charge in [0, 0.05) is 6.07 Å². The van der Waals surface area contributed by atoms with E-state index in [0.717, 1.165) is 33.9 Å². The maximum atomic E-state index is 6.12. The predicted molar refractivity (Wildman–Crippen MR) is 93.7 cm³/mol. The molecule has 1 atom stereocenters. The molecule has 0 amide bonds. The standard InChI is InChI=1S/C19H22N2O3/c1-12(2)24-18(13-5-7-14(22-3)8-6-13)19-20-16-10-9-15(23-4)11-17(16)21-19/h5-12,18H,1-4H3,(H,20,21). The van der Waals surface area contributed by atoms with Crippen molar-refractivity contribution in [1.29, 1.82) is 0 Å². The van der Waals surface area contributed by atoms with Crippen LogP contribution in [-0.2, 0) is 4.74 Å². The van der Waals surface area contributed by atoms with Crippen LogP contribution in [0.5, 0.6) is 11.5 Å². The van der Waals surface area contributed by atoms with Gasteiger partial charge in [-0.1, -0.05) is 12.1 Å².